The molecule has 1 amide bonds. The number of nitrogens with zero attached hydrogens (tertiary/aromatic N) is 5. The van der Waals surface area contributed by atoms with E-state index < -0.39 is 5.92 Å². The van der Waals surface area contributed by atoms with Gasteiger partial charge in [0, 0.05) is 37.0 Å². The van der Waals surface area contributed by atoms with E-state index in [0.29, 0.717) is 32.8 Å². The number of hydrogen-bond acceptors (Lipinski definition) is 6. The summed E-state index contributed by atoms with van der Waals surface area (Å²) < 4.78 is 35.0. The van der Waals surface area contributed by atoms with Crippen LogP contribution < -0.4 is 0 Å². The molecule has 7 nitrogen and oxygen atoms in total. The third-order valence-electron chi connectivity index (χ3n) is 5.25. The molecule has 2 aromatic heterocycles. The van der Waals surface area contributed by atoms with Crippen LogP contribution in [0, 0.1) is 6.92 Å². The van der Waals surface area contributed by atoms with E-state index in [1.54, 1.807) is 22.4 Å². The van der Waals surface area contributed by atoms with Gasteiger partial charge in [-0.2, -0.15) is 0 Å². The quantitative estimate of drug-likeness (QED) is 0.753. The van der Waals surface area contributed by atoms with Crippen molar-refractivity contribution in [3.63, 3.8) is 0 Å². The van der Waals surface area contributed by atoms with Crippen LogP contribution in [-0.4, -0.2) is 75.5 Å². The van der Waals surface area contributed by atoms with Gasteiger partial charge in [0.15, 0.2) is 5.69 Å². The molecule has 4 heterocycles. The molecule has 0 unspecified atom stereocenters. The predicted octanol–water partition coefficient (Wildman–Crippen LogP) is 2.03. The summed E-state index contributed by atoms with van der Waals surface area (Å²) in [6.07, 6.45) is 1.34. The van der Waals surface area contributed by atoms with Crippen LogP contribution in [0.15, 0.2) is 17.6 Å². The molecular weight excluding hydrogens is 388 g/mol. The number of likely N-dealkylation sites (tertiary alicyclic amines) is 1. The van der Waals surface area contributed by atoms with Crippen molar-refractivity contribution in [1.29, 1.82) is 0 Å². The van der Waals surface area contributed by atoms with Crippen molar-refractivity contribution in [2.45, 2.75) is 38.4 Å². The lowest BCUT2D eigenvalue weighted by atomic mass is 10.2. The van der Waals surface area contributed by atoms with Gasteiger partial charge < -0.3 is 9.64 Å². The van der Waals surface area contributed by atoms with E-state index in [9.17, 15) is 13.6 Å². The number of thiophene rings is 1. The summed E-state index contributed by atoms with van der Waals surface area (Å²) in [4.78, 5) is 17.1. The highest BCUT2D eigenvalue weighted by molar-refractivity contribution is 7.10. The minimum atomic E-state index is -2.72. The second-order valence-electron chi connectivity index (χ2n) is 7.38. The molecular formula is C18H23F2N5O2S. The van der Waals surface area contributed by atoms with E-state index in [0.717, 1.165) is 10.4 Å². The summed E-state index contributed by atoms with van der Waals surface area (Å²) >= 11 is 1.59. The van der Waals surface area contributed by atoms with Crippen LogP contribution in [-0.2, 0) is 17.8 Å². The minimum absolute atomic E-state index is 0.197. The van der Waals surface area contributed by atoms with Gasteiger partial charge >= 0.3 is 0 Å². The molecule has 28 heavy (non-hydrogen) atoms. The molecule has 10 heteroatoms. The molecule has 152 valence electrons. The Bertz CT molecular complexity index is 834. The fourth-order valence-electron chi connectivity index (χ4n) is 3.71. The Kier molecular flexibility index (Phi) is 5.44. The molecule has 0 spiro atoms. The van der Waals surface area contributed by atoms with E-state index in [1.165, 1.54) is 4.68 Å². The number of aryl methyl sites for hydroxylation is 1. The van der Waals surface area contributed by atoms with Gasteiger partial charge in [-0.05, 0) is 23.9 Å². The summed E-state index contributed by atoms with van der Waals surface area (Å²) in [6.45, 7) is 4.58. The normalized spacial score (nSPS) is 22.7. The SMILES string of the molecule is Cc1ccsc1CN1CC(F)(F)C[C@H]1Cn1cc(C(=O)N2CCOCC2)nn1. The van der Waals surface area contributed by atoms with Gasteiger partial charge in [0.05, 0.1) is 32.5 Å². The average molecular weight is 411 g/mol. The van der Waals surface area contributed by atoms with E-state index >= 15 is 0 Å². The van der Waals surface area contributed by atoms with Crippen LogP contribution in [0.25, 0.3) is 0 Å². The highest BCUT2D eigenvalue weighted by Crippen LogP contribution is 2.34. The Labute approximate surface area is 165 Å². The van der Waals surface area contributed by atoms with Crippen molar-refractivity contribution in [1.82, 2.24) is 24.8 Å². The third-order valence-corrected chi connectivity index (χ3v) is 6.26. The molecule has 4 rings (SSSR count). The lowest BCUT2D eigenvalue weighted by molar-refractivity contribution is 0.0113. The Morgan fingerprint density at radius 2 is 2.18 bits per heavy atom. The third kappa shape index (κ3) is 4.23. The molecule has 2 aromatic rings. The molecule has 0 saturated carbocycles. The van der Waals surface area contributed by atoms with Gasteiger partial charge in [0.25, 0.3) is 11.8 Å². The molecule has 0 aromatic carbocycles. The van der Waals surface area contributed by atoms with E-state index in [4.69, 9.17) is 4.74 Å². The summed E-state index contributed by atoms with van der Waals surface area (Å²) in [5.74, 6) is -2.92. The molecule has 2 saturated heterocycles. The lowest BCUT2D eigenvalue weighted by Crippen LogP contribution is -2.40. The van der Waals surface area contributed by atoms with Crippen molar-refractivity contribution in [3.05, 3.63) is 33.8 Å². The summed E-state index contributed by atoms with van der Waals surface area (Å²) in [7, 11) is 0. The number of morpholine rings is 1. The van der Waals surface area contributed by atoms with Crippen molar-refractivity contribution in [3.8, 4) is 0 Å². The largest absolute Gasteiger partial charge is 0.378 e. The first kappa shape index (κ1) is 19.4. The zero-order chi connectivity index (χ0) is 19.7. The maximum Gasteiger partial charge on any atom is 0.276 e. The number of carbonyl (C=O) groups is 1. The first-order valence-electron chi connectivity index (χ1n) is 9.33. The minimum Gasteiger partial charge on any atom is -0.378 e. The Morgan fingerprint density at radius 3 is 2.89 bits per heavy atom. The molecule has 2 aliphatic heterocycles. The summed E-state index contributed by atoms with van der Waals surface area (Å²) in [6, 6.07) is 1.65. The zero-order valence-corrected chi connectivity index (χ0v) is 16.5. The van der Waals surface area contributed by atoms with E-state index in [1.807, 2.05) is 23.3 Å². The van der Waals surface area contributed by atoms with Crippen LogP contribution >= 0.6 is 11.3 Å². The van der Waals surface area contributed by atoms with Crippen molar-refractivity contribution in [2.24, 2.45) is 0 Å². The van der Waals surface area contributed by atoms with Gasteiger partial charge in [-0.25, -0.2) is 8.78 Å². The van der Waals surface area contributed by atoms with Crippen molar-refractivity contribution in [2.75, 3.05) is 32.8 Å². The molecule has 2 fully saturated rings. The number of rotatable bonds is 5. The number of ether oxygens (including phenoxy) is 1. The standard InChI is InChI=1S/C18H23F2N5O2S/c1-13-2-7-28-16(13)11-24-12-18(19,20)8-14(24)9-25-10-15(21-22-25)17(26)23-3-5-27-6-4-23/h2,7,10,14H,3-6,8-9,11-12H2,1H3/t14-/m0/s1. The van der Waals surface area contributed by atoms with Crippen LogP contribution in [0.4, 0.5) is 8.78 Å². The molecule has 0 radical (unpaired) electrons. The second-order valence-corrected chi connectivity index (χ2v) is 8.38. The smallest absolute Gasteiger partial charge is 0.276 e. The Hall–Kier alpha value is -1.91. The maximum absolute atomic E-state index is 14.1. The predicted molar refractivity (Wildman–Crippen MR) is 99.6 cm³/mol. The molecule has 0 N–H and O–H groups in total. The first-order chi connectivity index (χ1) is 13.4. The van der Waals surface area contributed by atoms with Gasteiger partial charge in [0.1, 0.15) is 0 Å². The zero-order valence-electron chi connectivity index (χ0n) is 15.7. The molecule has 2 aliphatic rings. The van der Waals surface area contributed by atoms with Gasteiger partial charge in [-0.15, -0.1) is 16.4 Å². The van der Waals surface area contributed by atoms with Crippen LogP contribution in [0.2, 0.25) is 0 Å². The Morgan fingerprint density at radius 1 is 1.39 bits per heavy atom. The molecule has 0 bridgehead atoms. The number of hydrogen-bond donors (Lipinski definition) is 0. The topological polar surface area (TPSA) is 63.5 Å². The monoisotopic (exact) mass is 411 g/mol. The van der Waals surface area contributed by atoms with Crippen molar-refractivity contribution < 1.29 is 18.3 Å². The lowest BCUT2D eigenvalue weighted by Gasteiger charge is -2.25. The average Bonchev–Trinajstić information content (AvgIpc) is 3.36. The van der Waals surface area contributed by atoms with Gasteiger partial charge in [0.2, 0.25) is 0 Å². The van der Waals surface area contributed by atoms with Crippen LogP contribution in [0.3, 0.4) is 0 Å². The highest BCUT2D eigenvalue weighted by atomic mass is 32.1. The van der Waals surface area contributed by atoms with Gasteiger partial charge in [-0.3, -0.25) is 14.4 Å². The fraction of sp³-hybridized carbons (Fsp3) is 0.611. The maximum atomic E-state index is 14.1. The summed E-state index contributed by atoms with van der Waals surface area (Å²) in [5, 5.41) is 9.95. The van der Waals surface area contributed by atoms with Crippen molar-refractivity contribution >= 4 is 17.2 Å². The fourth-order valence-corrected chi connectivity index (χ4v) is 4.64. The second kappa shape index (κ2) is 7.84. The number of amides is 1. The van der Waals surface area contributed by atoms with Crippen LogP contribution in [0.1, 0.15) is 27.3 Å². The number of halogens is 2. The first-order valence-corrected chi connectivity index (χ1v) is 10.2. The number of carbonyl (C=O) groups excluding carboxylic acids is 1. The van der Waals surface area contributed by atoms with Crippen LogP contribution in [0.5, 0.6) is 0 Å². The van der Waals surface area contributed by atoms with E-state index in [2.05, 4.69) is 10.3 Å². The van der Waals surface area contributed by atoms with E-state index in [-0.39, 0.29) is 37.2 Å². The number of alkyl halides is 2. The summed E-state index contributed by atoms with van der Waals surface area (Å²) in [5.41, 5.74) is 1.37. The van der Waals surface area contributed by atoms with Gasteiger partial charge in [-0.1, -0.05) is 5.21 Å². The molecule has 1 atom stereocenters. The molecule has 0 aliphatic carbocycles. The highest BCUT2D eigenvalue weighted by Gasteiger charge is 2.45. The number of aromatic nitrogens is 3. The Balaban J connectivity index is 1.44.